The molecule has 0 saturated heterocycles. The van der Waals surface area contributed by atoms with Crippen molar-refractivity contribution in [1.82, 2.24) is 0 Å². The SMILES string of the molecule is CC#CC#CC#CC#C[CH-]C. The monoisotopic (exact) mass is 139 g/mol. The number of hydrogen-bond acceptors (Lipinski definition) is 0. The zero-order valence-electron chi connectivity index (χ0n) is 6.58. The summed E-state index contributed by atoms with van der Waals surface area (Å²) in [6.45, 7) is 3.58. The maximum Gasteiger partial charge on any atom is -0.00110 e. The molecule has 0 aromatic heterocycles. The average Bonchev–Trinajstić information content (AvgIpc) is 2.03. The molecule has 0 saturated carbocycles. The molecule has 11 heavy (non-hydrogen) atoms. The number of rotatable bonds is 0. The molecule has 0 aromatic carbocycles. The molecule has 0 fully saturated rings. The van der Waals surface area contributed by atoms with Crippen LogP contribution in [0.2, 0.25) is 0 Å². The third kappa shape index (κ3) is 8.11. The maximum atomic E-state index is 2.69. The van der Waals surface area contributed by atoms with Crippen molar-refractivity contribution in [2.75, 3.05) is 0 Å². The molecule has 0 aliphatic carbocycles. The van der Waals surface area contributed by atoms with Crippen LogP contribution in [0.3, 0.4) is 0 Å². The second kappa shape index (κ2) is 8.11. The van der Waals surface area contributed by atoms with Crippen molar-refractivity contribution in [2.24, 2.45) is 0 Å². The highest BCUT2D eigenvalue weighted by Crippen LogP contribution is 1.62. The lowest BCUT2D eigenvalue weighted by molar-refractivity contribution is 1.62. The van der Waals surface area contributed by atoms with Crippen LogP contribution in [-0.4, -0.2) is 0 Å². The molecule has 0 heterocycles. The molecule has 0 spiro atoms. The fourth-order valence-electron chi connectivity index (χ4n) is 0.296. The molecule has 0 unspecified atom stereocenters. The third-order valence-electron chi connectivity index (χ3n) is 0.654. The molecule has 0 aliphatic rings. The number of hydrogen-bond donors (Lipinski definition) is 0. The lowest BCUT2D eigenvalue weighted by atomic mass is 10.4. The van der Waals surface area contributed by atoms with Gasteiger partial charge in [-0.15, -0.1) is 12.8 Å². The van der Waals surface area contributed by atoms with Gasteiger partial charge in [-0.1, -0.05) is 5.92 Å². The molecule has 0 amide bonds. The zero-order chi connectivity index (χ0) is 8.36. The van der Waals surface area contributed by atoms with Gasteiger partial charge in [-0.2, -0.15) is 6.42 Å². The van der Waals surface area contributed by atoms with Gasteiger partial charge in [0.1, 0.15) is 0 Å². The summed E-state index contributed by atoms with van der Waals surface area (Å²) in [7, 11) is 0. The Bertz CT molecular complexity index is 328. The summed E-state index contributed by atoms with van der Waals surface area (Å²) >= 11 is 0. The Labute approximate surface area is 68.4 Å². The van der Waals surface area contributed by atoms with Crippen LogP contribution in [0.1, 0.15) is 13.8 Å². The van der Waals surface area contributed by atoms with Gasteiger partial charge in [0.05, 0.1) is 0 Å². The minimum absolute atomic E-state index is 1.73. The topological polar surface area (TPSA) is 0 Å². The van der Waals surface area contributed by atoms with E-state index in [-0.39, 0.29) is 0 Å². The molecule has 0 N–H and O–H groups in total. The first-order valence-electron chi connectivity index (χ1n) is 3.12. The largest absolute Gasteiger partial charge is 0.281 e. The second-order valence-electron chi connectivity index (χ2n) is 1.43. The van der Waals surface area contributed by atoms with Crippen LogP contribution in [0.15, 0.2) is 0 Å². The maximum absolute atomic E-state index is 2.69. The van der Waals surface area contributed by atoms with E-state index >= 15 is 0 Å². The lowest BCUT2D eigenvalue weighted by Gasteiger charge is -1.76. The van der Waals surface area contributed by atoms with Crippen molar-refractivity contribution < 1.29 is 0 Å². The average molecular weight is 139 g/mol. The Balaban J connectivity index is 3.91. The summed E-state index contributed by atoms with van der Waals surface area (Å²) in [4.78, 5) is 0. The van der Waals surface area contributed by atoms with Crippen LogP contribution in [0.4, 0.5) is 0 Å². The van der Waals surface area contributed by atoms with Crippen LogP contribution < -0.4 is 0 Å². The normalized spacial score (nSPS) is 4.18. The van der Waals surface area contributed by atoms with E-state index in [1.54, 1.807) is 13.3 Å². The van der Waals surface area contributed by atoms with Crippen molar-refractivity contribution >= 4 is 0 Å². The highest BCUT2D eigenvalue weighted by molar-refractivity contribution is 5.40. The molecule has 0 atom stereocenters. The molecule has 0 nitrogen and oxygen atoms in total. The first-order chi connectivity index (χ1) is 5.41. The van der Waals surface area contributed by atoms with Gasteiger partial charge in [0.25, 0.3) is 0 Å². The Hall–Kier alpha value is -1.89. The summed E-state index contributed by atoms with van der Waals surface area (Å²) in [6, 6.07) is 0. The molecular formula is C11H7-. The molecule has 0 heteroatoms. The van der Waals surface area contributed by atoms with Crippen molar-refractivity contribution in [3.8, 4) is 47.4 Å². The summed E-state index contributed by atoms with van der Waals surface area (Å²) < 4.78 is 0. The Morgan fingerprint density at radius 2 is 1.36 bits per heavy atom. The first kappa shape index (κ1) is 9.11. The van der Waals surface area contributed by atoms with E-state index in [1.165, 1.54) is 0 Å². The molecule has 0 rings (SSSR count). The van der Waals surface area contributed by atoms with E-state index in [1.807, 2.05) is 6.92 Å². The first-order valence-corrected chi connectivity index (χ1v) is 3.12. The van der Waals surface area contributed by atoms with Gasteiger partial charge in [0, 0.05) is 0 Å². The van der Waals surface area contributed by atoms with Crippen LogP contribution >= 0.6 is 0 Å². The van der Waals surface area contributed by atoms with Crippen LogP contribution in [0.5, 0.6) is 0 Å². The van der Waals surface area contributed by atoms with Gasteiger partial charge in [-0.25, -0.2) is 5.92 Å². The van der Waals surface area contributed by atoms with Gasteiger partial charge >= 0.3 is 0 Å². The molecule has 52 valence electrons. The summed E-state index contributed by atoms with van der Waals surface area (Å²) in [5.74, 6) is 20.7. The third-order valence-corrected chi connectivity index (χ3v) is 0.654. The predicted molar refractivity (Wildman–Crippen MR) is 46.8 cm³/mol. The van der Waals surface area contributed by atoms with Crippen molar-refractivity contribution in [2.45, 2.75) is 13.8 Å². The Morgan fingerprint density at radius 3 is 1.91 bits per heavy atom. The van der Waals surface area contributed by atoms with Crippen molar-refractivity contribution in [1.29, 1.82) is 0 Å². The van der Waals surface area contributed by atoms with Crippen molar-refractivity contribution in [3.05, 3.63) is 6.42 Å². The summed E-state index contributed by atoms with van der Waals surface area (Å²) in [5.41, 5.74) is 0. The molecule has 0 aromatic rings. The summed E-state index contributed by atoms with van der Waals surface area (Å²) in [6.07, 6.45) is 1.73. The van der Waals surface area contributed by atoms with Crippen LogP contribution in [0.25, 0.3) is 0 Å². The van der Waals surface area contributed by atoms with Crippen molar-refractivity contribution in [3.63, 3.8) is 0 Å². The molecule has 0 bridgehead atoms. The van der Waals surface area contributed by atoms with Gasteiger partial charge in [0.2, 0.25) is 0 Å². The van der Waals surface area contributed by atoms with Crippen LogP contribution in [-0.2, 0) is 0 Å². The highest BCUT2D eigenvalue weighted by Gasteiger charge is 1.48. The predicted octanol–water partition coefficient (Wildman–Crippen LogP) is 1.24. The Morgan fingerprint density at radius 1 is 0.818 bits per heavy atom. The minimum Gasteiger partial charge on any atom is -0.281 e. The second-order valence-corrected chi connectivity index (χ2v) is 1.43. The minimum atomic E-state index is 1.73. The Kier molecular flexibility index (Phi) is 6.72. The van der Waals surface area contributed by atoms with E-state index < -0.39 is 0 Å². The van der Waals surface area contributed by atoms with E-state index in [2.05, 4.69) is 47.4 Å². The fraction of sp³-hybridized carbons (Fsp3) is 0.182. The summed E-state index contributed by atoms with van der Waals surface area (Å²) in [5, 5.41) is 0. The molecular weight excluding hydrogens is 132 g/mol. The van der Waals surface area contributed by atoms with E-state index in [0.29, 0.717) is 0 Å². The van der Waals surface area contributed by atoms with Gasteiger partial charge in [-0.05, 0) is 30.6 Å². The van der Waals surface area contributed by atoms with E-state index in [0.717, 1.165) is 0 Å². The lowest BCUT2D eigenvalue weighted by Crippen LogP contribution is -1.55. The van der Waals surface area contributed by atoms with Gasteiger partial charge in [-0.3, -0.25) is 5.92 Å². The van der Waals surface area contributed by atoms with Crippen LogP contribution in [0, 0.1) is 53.8 Å². The molecule has 0 radical (unpaired) electrons. The standard InChI is InChI=1S/C11H7/c1-3-5-7-9-11-10-8-6-4-2/h3H,1-2H3/q-1. The molecule has 0 aliphatic heterocycles. The quantitative estimate of drug-likeness (QED) is 0.350. The van der Waals surface area contributed by atoms with E-state index in [4.69, 9.17) is 0 Å². The van der Waals surface area contributed by atoms with E-state index in [9.17, 15) is 0 Å². The van der Waals surface area contributed by atoms with Gasteiger partial charge < -0.3 is 0 Å². The highest BCUT2D eigenvalue weighted by atomic mass is 13.6. The smallest absolute Gasteiger partial charge is 0.00110 e. The fourth-order valence-corrected chi connectivity index (χ4v) is 0.296. The van der Waals surface area contributed by atoms with Gasteiger partial charge in [0.15, 0.2) is 0 Å². The zero-order valence-corrected chi connectivity index (χ0v) is 6.58.